The van der Waals surface area contributed by atoms with Gasteiger partial charge in [0.1, 0.15) is 6.61 Å². The van der Waals surface area contributed by atoms with Crippen molar-refractivity contribution in [1.29, 1.82) is 0 Å². The topological polar surface area (TPSA) is 49.3 Å². The molecule has 1 fully saturated rings. The zero-order chi connectivity index (χ0) is 13.0. The van der Waals surface area contributed by atoms with Crippen LogP contribution in [0, 0.1) is 17.8 Å². The Kier molecular flexibility index (Phi) is 4.40. The molecule has 0 aliphatic heterocycles. The molecule has 1 aliphatic carbocycles. The molecule has 1 aromatic heterocycles. The Balaban J connectivity index is 1.94. The summed E-state index contributed by atoms with van der Waals surface area (Å²) in [6, 6.07) is 2.10. The van der Waals surface area contributed by atoms with Crippen LogP contribution in [0.25, 0.3) is 0 Å². The predicted octanol–water partition coefficient (Wildman–Crippen LogP) is 2.01. The predicted molar refractivity (Wildman–Crippen MR) is 72.6 cm³/mol. The van der Waals surface area contributed by atoms with Crippen LogP contribution in [0.5, 0.6) is 0 Å². The smallest absolute Gasteiger partial charge is 0.252 e. The van der Waals surface area contributed by atoms with Gasteiger partial charge >= 0.3 is 0 Å². The van der Waals surface area contributed by atoms with Crippen molar-refractivity contribution in [2.45, 2.75) is 32.2 Å². The van der Waals surface area contributed by atoms with E-state index in [0.29, 0.717) is 17.5 Å². The van der Waals surface area contributed by atoms with Gasteiger partial charge in [-0.2, -0.15) is 0 Å². The number of hydrogen-bond donors (Lipinski definition) is 2. The lowest BCUT2D eigenvalue weighted by molar-refractivity contribution is 0.0937. The summed E-state index contributed by atoms with van der Waals surface area (Å²) in [5.74, 6) is 6.09. The summed E-state index contributed by atoms with van der Waals surface area (Å²) >= 11 is 1.43. The van der Waals surface area contributed by atoms with E-state index in [1.807, 2.05) is 5.38 Å². The van der Waals surface area contributed by atoms with Crippen LogP contribution in [0.1, 0.15) is 41.4 Å². The van der Waals surface area contributed by atoms with Gasteiger partial charge in [0, 0.05) is 11.4 Å². The molecule has 3 nitrogen and oxygen atoms in total. The molecule has 2 atom stereocenters. The van der Waals surface area contributed by atoms with E-state index in [2.05, 4.69) is 24.1 Å². The first-order valence-electron chi connectivity index (χ1n) is 6.18. The highest BCUT2D eigenvalue weighted by molar-refractivity contribution is 7.10. The average Bonchev–Trinajstić information content (AvgIpc) is 2.96. The summed E-state index contributed by atoms with van der Waals surface area (Å²) < 4.78 is 0. The normalized spacial score (nSPS) is 22.3. The number of aliphatic hydroxyl groups is 1. The number of nitrogens with one attached hydrogen (secondary N) is 1. The van der Waals surface area contributed by atoms with Crippen molar-refractivity contribution in [3.63, 3.8) is 0 Å². The minimum atomic E-state index is -0.153. The summed E-state index contributed by atoms with van der Waals surface area (Å²) in [4.78, 5) is 12.8. The number of aliphatic hydroxyl groups excluding tert-OH is 1. The molecule has 4 heteroatoms. The maximum atomic E-state index is 12.0. The van der Waals surface area contributed by atoms with Crippen molar-refractivity contribution in [1.82, 2.24) is 5.32 Å². The van der Waals surface area contributed by atoms with E-state index < -0.39 is 0 Å². The third kappa shape index (κ3) is 3.34. The average molecular weight is 263 g/mol. The lowest BCUT2D eigenvalue weighted by Crippen LogP contribution is -2.32. The first kappa shape index (κ1) is 13.1. The zero-order valence-electron chi connectivity index (χ0n) is 10.4. The molecule has 0 bridgehead atoms. The molecule has 18 heavy (non-hydrogen) atoms. The highest BCUT2D eigenvalue weighted by Crippen LogP contribution is 2.25. The van der Waals surface area contributed by atoms with Crippen LogP contribution in [0.3, 0.4) is 0 Å². The second kappa shape index (κ2) is 6.03. The van der Waals surface area contributed by atoms with E-state index >= 15 is 0 Å². The maximum Gasteiger partial charge on any atom is 0.252 e. The Labute approximate surface area is 111 Å². The van der Waals surface area contributed by atoms with Crippen LogP contribution >= 0.6 is 11.3 Å². The van der Waals surface area contributed by atoms with Crippen molar-refractivity contribution in [3.05, 3.63) is 21.9 Å². The number of thiophene rings is 1. The molecule has 1 amide bonds. The Morgan fingerprint density at radius 2 is 2.44 bits per heavy atom. The lowest BCUT2D eigenvalue weighted by atomic mass is 10.1. The molecular weight excluding hydrogens is 246 g/mol. The molecule has 1 heterocycles. The molecule has 0 spiro atoms. The van der Waals surface area contributed by atoms with Crippen molar-refractivity contribution < 1.29 is 9.90 Å². The molecule has 96 valence electrons. The monoisotopic (exact) mass is 263 g/mol. The highest BCUT2D eigenvalue weighted by atomic mass is 32.1. The summed E-state index contributed by atoms with van der Waals surface area (Å²) in [5.41, 5.74) is 0.668. The van der Waals surface area contributed by atoms with Crippen molar-refractivity contribution >= 4 is 17.2 Å². The van der Waals surface area contributed by atoms with E-state index in [1.54, 1.807) is 6.07 Å². The number of carbonyl (C=O) groups excluding carboxylic acids is 1. The van der Waals surface area contributed by atoms with Gasteiger partial charge in [-0.25, -0.2) is 0 Å². The van der Waals surface area contributed by atoms with E-state index in [0.717, 1.165) is 17.7 Å². The SMILES string of the molecule is CC1CCC(NC(=O)c2csc(C#CCO)c2)C1. The molecule has 0 aromatic carbocycles. The van der Waals surface area contributed by atoms with Crippen LogP contribution in [0.15, 0.2) is 11.4 Å². The molecule has 0 saturated heterocycles. The van der Waals surface area contributed by atoms with E-state index in [9.17, 15) is 4.79 Å². The Hall–Kier alpha value is -1.31. The third-order valence-electron chi connectivity index (χ3n) is 3.18. The fraction of sp³-hybridized carbons (Fsp3) is 0.500. The molecule has 2 rings (SSSR count). The molecule has 0 radical (unpaired) electrons. The molecule has 2 unspecified atom stereocenters. The van der Waals surface area contributed by atoms with Gasteiger partial charge in [0.25, 0.3) is 5.91 Å². The number of rotatable bonds is 2. The first-order valence-corrected chi connectivity index (χ1v) is 7.06. The van der Waals surface area contributed by atoms with E-state index in [1.165, 1.54) is 17.8 Å². The van der Waals surface area contributed by atoms with Crippen LogP contribution < -0.4 is 5.32 Å². The first-order chi connectivity index (χ1) is 8.69. The van der Waals surface area contributed by atoms with Gasteiger partial charge in [-0.15, -0.1) is 11.3 Å². The van der Waals surface area contributed by atoms with Gasteiger partial charge in [-0.1, -0.05) is 18.8 Å². The van der Waals surface area contributed by atoms with Gasteiger partial charge in [-0.05, 0) is 31.2 Å². The summed E-state index contributed by atoms with van der Waals surface area (Å²) in [6.45, 7) is 2.07. The molecule has 2 N–H and O–H groups in total. The fourth-order valence-electron chi connectivity index (χ4n) is 2.25. The lowest BCUT2D eigenvalue weighted by Gasteiger charge is -2.11. The Morgan fingerprint density at radius 1 is 1.61 bits per heavy atom. The zero-order valence-corrected chi connectivity index (χ0v) is 11.2. The molecule has 1 aliphatic rings. The summed E-state index contributed by atoms with van der Waals surface area (Å²) in [5, 5.41) is 13.5. The fourth-order valence-corrected chi connectivity index (χ4v) is 3.01. The van der Waals surface area contributed by atoms with Crippen LogP contribution in [0.4, 0.5) is 0 Å². The van der Waals surface area contributed by atoms with Crippen molar-refractivity contribution in [3.8, 4) is 11.8 Å². The maximum absolute atomic E-state index is 12.0. The van der Waals surface area contributed by atoms with Crippen molar-refractivity contribution in [2.75, 3.05) is 6.61 Å². The van der Waals surface area contributed by atoms with Gasteiger partial charge in [-0.3, -0.25) is 4.79 Å². The summed E-state index contributed by atoms with van der Waals surface area (Å²) in [6.07, 6.45) is 3.35. The van der Waals surface area contributed by atoms with Crippen molar-refractivity contribution in [2.24, 2.45) is 5.92 Å². The van der Waals surface area contributed by atoms with E-state index in [-0.39, 0.29) is 12.5 Å². The quantitative estimate of drug-likeness (QED) is 0.802. The third-order valence-corrected chi connectivity index (χ3v) is 4.03. The number of hydrogen-bond acceptors (Lipinski definition) is 3. The number of amides is 1. The minimum absolute atomic E-state index is 0.0117. The summed E-state index contributed by atoms with van der Waals surface area (Å²) in [7, 11) is 0. The van der Waals surface area contributed by atoms with E-state index in [4.69, 9.17) is 5.11 Å². The minimum Gasteiger partial charge on any atom is -0.384 e. The van der Waals surface area contributed by atoms with Crippen LogP contribution in [-0.4, -0.2) is 23.7 Å². The van der Waals surface area contributed by atoms with Gasteiger partial charge in [0.15, 0.2) is 0 Å². The van der Waals surface area contributed by atoms with Crippen LogP contribution in [-0.2, 0) is 0 Å². The highest BCUT2D eigenvalue weighted by Gasteiger charge is 2.23. The second-order valence-electron chi connectivity index (χ2n) is 4.75. The van der Waals surface area contributed by atoms with Gasteiger partial charge < -0.3 is 10.4 Å². The van der Waals surface area contributed by atoms with Crippen LogP contribution in [0.2, 0.25) is 0 Å². The second-order valence-corrected chi connectivity index (χ2v) is 5.66. The Bertz CT molecular complexity index is 483. The van der Waals surface area contributed by atoms with Gasteiger partial charge in [0.2, 0.25) is 0 Å². The number of carbonyl (C=O) groups is 1. The molecule has 1 saturated carbocycles. The molecule has 1 aromatic rings. The standard InChI is InChI=1S/C14H17NO2S/c1-10-4-5-12(7-10)15-14(17)11-8-13(18-9-11)3-2-6-16/h8-10,12,16H,4-7H2,1H3,(H,15,17). The molecular formula is C14H17NO2S. The van der Waals surface area contributed by atoms with Gasteiger partial charge in [0.05, 0.1) is 10.4 Å². The largest absolute Gasteiger partial charge is 0.384 e. The Morgan fingerprint density at radius 3 is 3.11 bits per heavy atom.